The number of carbonyl (C=O) groups excluding carboxylic acids is 1. The van der Waals surface area contributed by atoms with Gasteiger partial charge in [-0.15, -0.1) is 0 Å². The topological polar surface area (TPSA) is 71.3 Å². The van der Waals surface area contributed by atoms with Crippen molar-refractivity contribution >= 4 is 29.3 Å². The van der Waals surface area contributed by atoms with E-state index in [0.717, 1.165) is 11.1 Å². The normalized spacial score (nSPS) is 10.8. The predicted molar refractivity (Wildman–Crippen MR) is 142 cm³/mol. The van der Waals surface area contributed by atoms with E-state index >= 15 is 0 Å². The van der Waals surface area contributed by atoms with Crippen molar-refractivity contribution in [1.82, 2.24) is 0 Å². The highest BCUT2D eigenvalue weighted by Crippen LogP contribution is 2.21. The van der Waals surface area contributed by atoms with Crippen molar-refractivity contribution in [3.05, 3.63) is 130 Å². The first-order valence-corrected chi connectivity index (χ1v) is 11.6. The third-order valence-corrected chi connectivity index (χ3v) is 5.64. The van der Waals surface area contributed by atoms with E-state index in [2.05, 4.69) is 5.32 Å². The number of amides is 1. The lowest BCUT2D eigenvalue weighted by Crippen LogP contribution is -2.13. The number of nitrogens with zero attached hydrogens (tertiary/aromatic N) is 1. The molecule has 0 aliphatic heterocycles. The number of hydrogen-bond donors (Lipinski definition) is 1. The molecule has 0 fully saturated rings. The van der Waals surface area contributed by atoms with Crippen LogP contribution < -0.4 is 14.8 Å². The van der Waals surface area contributed by atoms with Crippen molar-refractivity contribution in [1.29, 1.82) is 5.26 Å². The van der Waals surface area contributed by atoms with Crippen LogP contribution in [-0.4, -0.2) is 5.91 Å². The van der Waals surface area contributed by atoms with E-state index in [9.17, 15) is 10.1 Å². The molecule has 0 aromatic heterocycles. The highest BCUT2D eigenvalue weighted by molar-refractivity contribution is 6.31. The molecule has 0 spiro atoms. The molecule has 0 aliphatic carbocycles. The number of nitriles is 1. The third-order valence-electron chi connectivity index (χ3n) is 5.27. The average Bonchev–Trinajstić information content (AvgIpc) is 2.92. The highest BCUT2D eigenvalue weighted by atomic mass is 35.5. The van der Waals surface area contributed by atoms with E-state index in [-0.39, 0.29) is 5.57 Å². The van der Waals surface area contributed by atoms with Crippen LogP contribution in [-0.2, 0) is 18.0 Å². The van der Waals surface area contributed by atoms with E-state index < -0.39 is 5.91 Å². The maximum atomic E-state index is 12.6. The highest BCUT2D eigenvalue weighted by Gasteiger charge is 2.10. The van der Waals surface area contributed by atoms with Gasteiger partial charge >= 0.3 is 0 Å². The van der Waals surface area contributed by atoms with Gasteiger partial charge in [-0.25, -0.2) is 0 Å². The summed E-state index contributed by atoms with van der Waals surface area (Å²) in [5.41, 5.74) is 3.22. The minimum atomic E-state index is -0.491. The lowest BCUT2D eigenvalue weighted by Gasteiger charge is -2.09. The van der Waals surface area contributed by atoms with E-state index in [0.29, 0.717) is 41.0 Å². The van der Waals surface area contributed by atoms with Gasteiger partial charge in [-0.05, 0) is 59.7 Å². The summed E-state index contributed by atoms with van der Waals surface area (Å²) in [5.74, 6) is 0.851. The zero-order valence-electron chi connectivity index (χ0n) is 19.4. The predicted octanol–water partition coefficient (Wildman–Crippen LogP) is 7.04. The maximum Gasteiger partial charge on any atom is 0.266 e. The van der Waals surface area contributed by atoms with Gasteiger partial charge in [0.25, 0.3) is 5.91 Å². The van der Waals surface area contributed by atoms with Gasteiger partial charge in [-0.2, -0.15) is 5.26 Å². The van der Waals surface area contributed by atoms with E-state index in [4.69, 9.17) is 21.1 Å². The van der Waals surface area contributed by atoms with Gasteiger partial charge in [0.05, 0.1) is 0 Å². The summed E-state index contributed by atoms with van der Waals surface area (Å²) in [7, 11) is 0. The molecule has 0 saturated carbocycles. The fourth-order valence-corrected chi connectivity index (χ4v) is 3.52. The second kappa shape index (κ2) is 12.3. The smallest absolute Gasteiger partial charge is 0.266 e. The van der Waals surface area contributed by atoms with Gasteiger partial charge in [-0.3, -0.25) is 4.79 Å². The van der Waals surface area contributed by atoms with Crippen LogP contribution >= 0.6 is 11.6 Å². The van der Waals surface area contributed by atoms with E-state index in [1.807, 2.05) is 60.7 Å². The number of nitrogens with one attached hydrogen (secondary N) is 1. The van der Waals surface area contributed by atoms with Gasteiger partial charge in [0.15, 0.2) is 0 Å². The van der Waals surface area contributed by atoms with E-state index in [1.54, 1.807) is 48.5 Å². The largest absolute Gasteiger partial charge is 0.489 e. The summed E-state index contributed by atoms with van der Waals surface area (Å²) in [6.07, 6.45) is 1.53. The molecule has 1 amide bonds. The van der Waals surface area contributed by atoms with Crippen LogP contribution in [0.3, 0.4) is 0 Å². The molecule has 5 nitrogen and oxygen atoms in total. The Morgan fingerprint density at radius 3 is 2.08 bits per heavy atom. The van der Waals surface area contributed by atoms with Crippen molar-refractivity contribution in [3.63, 3.8) is 0 Å². The summed E-state index contributed by atoms with van der Waals surface area (Å²) in [6.45, 7) is 0.800. The van der Waals surface area contributed by atoms with Crippen LogP contribution in [0, 0.1) is 11.3 Å². The quantitative estimate of drug-likeness (QED) is 0.200. The first kappa shape index (κ1) is 24.6. The molecule has 4 rings (SSSR count). The Bertz CT molecular complexity index is 1380. The second-order valence-corrected chi connectivity index (χ2v) is 8.28. The molecule has 178 valence electrons. The molecular formula is C30H23ClN2O3. The Labute approximate surface area is 215 Å². The summed E-state index contributed by atoms with van der Waals surface area (Å²) >= 11 is 6.16. The molecule has 36 heavy (non-hydrogen) atoms. The molecule has 4 aromatic carbocycles. The molecule has 0 bridgehead atoms. The Balaban J connectivity index is 1.32. The maximum absolute atomic E-state index is 12.6. The Kier molecular flexibility index (Phi) is 8.37. The number of benzene rings is 4. The number of anilines is 1. The summed E-state index contributed by atoms with van der Waals surface area (Å²) < 4.78 is 11.5. The summed E-state index contributed by atoms with van der Waals surface area (Å²) in [6, 6.07) is 33.5. The second-order valence-electron chi connectivity index (χ2n) is 7.87. The fraction of sp³-hybridized carbons (Fsp3) is 0.0667. The lowest BCUT2D eigenvalue weighted by molar-refractivity contribution is -0.112. The Morgan fingerprint density at radius 1 is 0.806 bits per heavy atom. The Hall–Kier alpha value is -4.53. The lowest BCUT2D eigenvalue weighted by atomic mass is 10.1. The van der Waals surface area contributed by atoms with Crippen molar-refractivity contribution in [2.75, 3.05) is 5.32 Å². The van der Waals surface area contributed by atoms with Crippen LogP contribution in [0.2, 0.25) is 5.02 Å². The molecule has 4 aromatic rings. The molecule has 0 radical (unpaired) electrons. The third kappa shape index (κ3) is 6.99. The summed E-state index contributed by atoms with van der Waals surface area (Å²) in [5, 5.41) is 12.9. The first-order chi connectivity index (χ1) is 17.6. The van der Waals surface area contributed by atoms with Gasteiger partial charge in [0.1, 0.15) is 36.4 Å². The fourth-order valence-electron chi connectivity index (χ4n) is 3.33. The number of rotatable bonds is 9. The number of carbonyl (C=O) groups is 1. The molecule has 1 N–H and O–H groups in total. The zero-order chi connectivity index (χ0) is 25.2. The first-order valence-electron chi connectivity index (χ1n) is 11.3. The SMILES string of the molecule is N#CC(=Cc1ccc(OCc2ccccc2Cl)cc1)C(=O)Nc1ccc(OCc2ccccc2)cc1. The molecule has 0 heterocycles. The number of ether oxygens (including phenoxy) is 2. The minimum Gasteiger partial charge on any atom is -0.489 e. The monoisotopic (exact) mass is 494 g/mol. The average molecular weight is 495 g/mol. The van der Waals surface area contributed by atoms with Crippen molar-refractivity contribution in [2.24, 2.45) is 0 Å². The van der Waals surface area contributed by atoms with Crippen molar-refractivity contribution in [3.8, 4) is 17.6 Å². The van der Waals surface area contributed by atoms with Crippen LogP contribution in [0.15, 0.2) is 109 Å². The molecular weight excluding hydrogens is 472 g/mol. The van der Waals surface area contributed by atoms with Crippen LogP contribution in [0.1, 0.15) is 16.7 Å². The van der Waals surface area contributed by atoms with Crippen LogP contribution in [0.4, 0.5) is 5.69 Å². The van der Waals surface area contributed by atoms with Gasteiger partial charge in [-0.1, -0.05) is 72.3 Å². The standard InChI is InChI=1S/C30H23ClN2O3/c31-29-9-5-4-8-24(29)21-36-27-14-10-22(11-15-27)18-25(19-32)30(34)33-26-12-16-28(17-13-26)35-20-23-6-2-1-3-7-23/h1-18H,20-21H2,(H,33,34). The van der Waals surface area contributed by atoms with E-state index in [1.165, 1.54) is 6.08 Å². The Morgan fingerprint density at radius 2 is 1.42 bits per heavy atom. The van der Waals surface area contributed by atoms with Gasteiger partial charge in [0, 0.05) is 16.3 Å². The van der Waals surface area contributed by atoms with Gasteiger partial charge < -0.3 is 14.8 Å². The molecule has 0 saturated heterocycles. The van der Waals surface area contributed by atoms with Crippen molar-refractivity contribution in [2.45, 2.75) is 13.2 Å². The van der Waals surface area contributed by atoms with Gasteiger partial charge in [0.2, 0.25) is 0 Å². The minimum absolute atomic E-state index is 0.0101. The number of halogens is 1. The zero-order valence-corrected chi connectivity index (χ0v) is 20.1. The van der Waals surface area contributed by atoms with Crippen molar-refractivity contribution < 1.29 is 14.3 Å². The summed E-state index contributed by atoms with van der Waals surface area (Å²) in [4.78, 5) is 12.6. The molecule has 6 heteroatoms. The molecule has 0 aliphatic rings. The number of hydrogen-bond acceptors (Lipinski definition) is 4. The van der Waals surface area contributed by atoms with Crippen LogP contribution in [0.25, 0.3) is 6.08 Å². The molecule has 0 unspecified atom stereocenters. The van der Waals surface area contributed by atoms with Crippen LogP contribution in [0.5, 0.6) is 11.5 Å². The molecule has 0 atom stereocenters.